The third-order valence-electron chi connectivity index (χ3n) is 5.79. The van der Waals surface area contributed by atoms with E-state index in [1.165, 1.54) is 17.6 Å². The number of anilines is 2. The number of methoxy groups -OCH3 is 1. The van der Waals surface area contributed by atoms with Gasteiger partial charge in [0.25, 0.3) is 0 Å². The number of aromatic nitrogens is 2. The molecule has 34 heavy (non-hydrogen) atoms. The Labute approximate surface area is 199 Å². The standard InChI is InChI=1S/C24H27N5O4S/c1-33-21-10-6-5-9-19(21)22(30)20-15-26-24(28-23(20)25)27-18-11-13-29(14-12-18)34(31,32)16-17-7-3-2-4-8-17/h2-10,15,18H,11-14,16H2,1H3,(H3,25,26,27,28). The Morgan fingerprint density at radius 3 is 2.44 bits per heavy atom. The molecule has 0 radical (unpaired) electrons. The molecule has 1 aliphatic rings. The van der Waals surface area contributed by atoms with E-state index in [0.29, 0.717) is 43.2 Å². The summed E-state index contributed by atoms with van der Waals surface area (Å²) in [5.41, 5.74) is 7.41. The normalized spacial score (nSPS) is 15.1. The molecule has 178 valence electrons. The van der Waals surface area contributed by atoms with Crippen molar-refractivity contribution in [3.05, 3.63) is 77.5 Å². The Morgan fingerprint density at radius 1 is 1.09 bits per heavy atom. The first-order valence-corrected chi connectivity index (χ1v) is 12.6. The number of nitrogens with two attached hydrogens (primary N) is 1. The minimum absolute atomic E-state index is 0.00153. The zero-order chi connectivity index (χ0) is 24.1. The summed E-state index contributed by atoms with van der Waals surface area (Å²) in [5.74, 6) is 0.491. The summed E-state index contributed by atoms with van der Waals surface area (Å²) >= 11 is 0. The topological polar surface area (TPSA) is 128 Å². The van der Waals surface area contributed by atoms with Crippen LogP contribution in [0.15, 0.2) is 60.8 Å². The van der Waals surface area contributed by atoms with Crippen molar-refractivity contribution in [1.29, 1.82) is 0 Å². The Hall–Kier alpha value is -3.50. The van der Waals surface area contributed by atoms with Crippen LogP contribution < -0.4 is 15.8 Å². The van der Waals surface area contributed by atoms with Crippen molar-refractivity contribution in [3.63, 3.8) is 0 Å². The van der Waals surface area contributed by atoms with Crippen LogP contribution in [-0.2, 0) is 15.8 Å². The number of sulfonamides is 1. The maximum atomic E-state index is 12.9. The summed E-state index contributed by atoms with van der Waals surface area (Å²) in [4.78, 5) is 21.4. The van der Waals surface area contributed by atoms with E-state index in [4.69, 9.17) is 10.5 Å². The number of nitrogen functional groups attached to an aromatic ring is 1. The highest BCUT2D eigenvalue weighted by Gasteiger charge is 2.28. The van der Waals surface area contributed by atoms with Crippen LogP contribution in [0.2, 0.25) is 0 Å². The second-order valence-corrected chi connectivity index (χ2v) is 10.1. The molecule has 0 unspecified atom stereocenters. The van der Waals surface area contributed by atoms with E-state index >= 15 is 0 Å². The molecule has 3 N–H and O–H groups in total. The molecule has 1 saturated heterocycles. The maximum absolute atomic E-state index is 12.9. The molecule has 0 aliphatic carbocycles. The van der Waals surface area contributed by atoms with E-state index in [0.717, 1.165) is 5.56 Å². The molecule has 0 atom stereocenters. The van der Waals surface area contributed by atoms with Gasteiger partial charge in [-0.3, -0.25) is 4.79 Å². The summed E-state index contributed by atoms with van der Waals surface area (Å²) in [5, 5.41) is 3.21. The Kier molecular flexibility index (Phi) is 7.09. The smallest absolute Gasteiger partial charge is 0.224 e. The van der Waals surface area contributed by atoms with Crippen LogP contribution >= 0.6 is 0 Å². The molecular weight excluding hydrogens is 454 g/mol. The minimum Gasteiger partial charge on any atom is -0.496 e. The number of nitrogens with one attached hydrogen (secondary N) is 1. The van der Waals surface area contributed by atoms with Gasteiger partial charge < -0.3 is 15.8 Å². The van der Waals surface area contributed by atoms with Gasteiger partial charge in [-0.25, -0.2) is 17.7 Å². The number of carbonyl (C=O) groups excluding carboxylic acids is 1. The largest absolute Gasteiger partial charge is 0.496 e. The quantitative estimate of drug-likeness (QED) is 0.470. The first-order valence-electron chi connectivity index (χ1n) is 11.0. The minimum atomic E-state index is -3.38. The van der Waals surface area contributed by atoms with Crippen molar-refractivity contribution >= 4 is 27.6 Å². The highest BCUT2D eigenvalue weighted by atomic mass is 32.2. The molecule has 0 spiro atoms. The first kappa shape index (κ1) is 23.7. The van der Waals surface area contributed by atoms with Crippen molar-refractivity contribution in [1.82, 2.24) is 14.3 Å². The molecule has 4 rings (SSSR count). The van der Waals surface area contributed by atoms with Gasteiger partial charge in [-0.1, -0.05) is 42.5 Å². The van der Waals surface area contributed by atoms with Gasteiger partial charge in [0.1, 0.15) is 11.6 Å². The summed E-state index contributed by atoms with van der Waals surface area (Å²) in [7, 11) is -1.88. The number of rotatable bonds is 8. The van der Waals surface area contributed by atoms with Crippen LogP contribution in [0, 0.1) is 0 Å². The van der Waals surface area contributed by atoms with E-state index in [-0.39, 0.29) is 29.0 Å². The second-order valence-electron chi connectivity index (χ2n) is 8.08. The first-order chi connectivity index (χ1) is 16.4. The highest BCUT2D eigenvalue weighted by Crippen LogP contribution is 2.24. The number of para-hydroxylation sites is 1. The summed E-state index contributed by atoms with van der Waals surface area (Å²) in [6.07, 6.45) is 2.62. The van der Waals surface area contributed by atoms with E-state index in [9.17, 15) is 13.2 Å². The van der Waals surface area contributed by atoms with Crippen LogP contribution in [0.4, 0.5) is 11.8 Å². The number of ether oxygens (including phenoxy) is 1. The number of hydrogen-bond acceptors (Lipinski definition) is 8. The average molecular weight is 482 g/mol. The number of carbonyl (C=O) groups is 1. The van der Waals surface area contributed by atoms with Crippen molar-refractivity contribution in [3.8, 4) is 5.75 Å². The lowest BCUT2D eigenvalue weighted by molar-refractivity contribution is 0.103. The lowest BCUT2D eigenvalue weighted by Crippen LogP contribution is -2.43. The average Bonchev–Trinajstić information content (AvgIpc) is 2.84. The van der Waals surface area contributed by atoms with Crippen LogP contribution in [0.25, 0.3) is 0 Å². The van der Waals surface area contributed by atoms with Crippen molar-refractivity contribution in [2.24, 2.45) is 0 Å². The van der Waals surface area contributed by atoms with Gasteiger partial charge >= 0.3 is 0 Å². The van der Waals surface area contributed by atoms with Crippen LogP contribution in [0.1, 0.15) is 34.3 Å². The zero-order valence-corrected chi connectivity index (χ0v) is 19.7. The maximum Gasteiger partial charge on any atom is 0.224 e. The van der Waals surface area contributed by atoms with Crippen LogP contribution in [-0.4, -0.2) is 54.7 Å². The molecule has 1 aromatic heterocycles. The van der Waals surface area contributed by atoms with Crippen LogP contribution in [0.3, 0.4) is 0 Å². The lowest BCUT2D eigenvalue weighted by atomic mass is 10.0. The summed E-state index contributed by atoms with van der Waals surface area (Å²) in [6.45, 7) is 0.819. The predicted octanol–water partition coefficient (Wildman–Crippen LogP) is 2.70. The van der Waals surface area contributed by atoms with Gasteiger partial charge in [-0.05, 0) is 30.5 Å². The molecule has 0 amide bonds. The van der Waals surface area contributed by atoms with Gasteiger partial charge in [-0.15, -0.1) is 0 Å². The van der Waals surface area contributed by atoms with Crippen molar-refractivity contribution in [2.45, 2.75) is 24.6 Å². The molecule has 10 heteroatoms. The summed E-state index contributed by atoms with van der Waals surface area (Å²) in [6, 6.07) is 16.0. The molecule has 0 saturated carbocycles. The van der Waals surface area contributed by atoms with E-state index in [1.54, 1.807) is 24.3 Å². The van der Waals surface area contributed by atoms with Crippen molar-refractivity contribution < 1.29 is 17.9 Å². The number of ketones is 1. The SMILES string of the molecule is COc1ccccc1C(=O)c1cnc(NC2CCN(S(=O)(=O)Cc3ccccc3)CC2)nc1N. The van der Waals surface area contributed by atoms with Gasteiger partial charge in [0, 0.05) is 25.3 Å². The van der Waals surface area contributed by atoms with Gasteiger partial charge in [0.2, 0.25) is 21.8 Å². The lowest BCUT2D eigenvalue weighted by Gasteiger charge is -2.31. The third-order valence-corrected chi connectivity index (χ3v) is 7.64. The summed E-state index contributed by atoms with van der Waals surface area (Å²) < 4.78 is 32.3. The number of nitrogens with zero attached hydrogens (tertiary/aromatic N) is 3. The number of hydrogen-bond donors (Lipinski definition) is 2. The molecular formula is C24H27N5O4S. The zero-order valence-electron chi connectivity index (χ0n) is 18.8. The number of benzene rings is 2. The highest BCUT2D eigenvalue weighted by molar-refractivity contribution is 7.88. The monoisotopic (exact) mass is 481 g/mol. The van der Waals surface area contributed by atoms with E-state index in [1.807, 2.05) is 30.3 Å². The molecule has 0 bridgehead atoms. The fourth-order valence-corrected chi connectivity index (χ4v) is 5.52. The van der Waals surface area contributed by atoms with Gasteiger partial charge in [0.15, 0.2) is 0 Å². The van der Waals surface area contributed by atoms with Gasteiger partial charge in [-0.2, -0.15) is 4.98 Å². The van der Waals surface area contributed by atoms with Crippen LogP contribution in [0.5, 0.6) is 5.75 Å². The van der Waals surface area contributed by atoms with E-state index in [2.05, 4.69) is 15.3 Å². The number of piperidine rings is 1. The van der Waals surface area contributed by atoms with Gasteiger partial charge in [0.05, 0.1) is 24.0 Å². The third kappa shape index (κ3) is 5.35. The second kappa shape index (κ2) is 10.2. The molecule has 2 aromatic carbocycles. The Morgan fingerprint density at radius 2 is 1.76 bits per heavy atom. The molecule has 2 heterocycles. The predicted molar refractivity (Wildman–Crippen MR) is 130 cm³/mol. The Bertz CT molecular complexity index is 1260. The molecule has 1 fully saturated rings. The van der Waals surface area contributed by atoms with E-state index < -0.39 is 10.0 Å². The fraction of sp³-hybridized carbons (Fsp3) is 0.292. The van der Waals surface area contributed by atoms with Crippen molar-refractivity contribution in [2.75, 3.05) is 31.2 Å². The molecule has 9 nitrogen and oxygen atoms in total. The molecule has 3 aromatic rings. The fourth-order valence-electron chi connectivity index (χ4n) is 3.95. The molecule has 1 aliphatic heterocycles. The Balaban J connectivity index is 1.37.